The molecule has 5 rings (SSSR count). The number of rotatable bonds is 13. The molecule has 16 heteroatoms. The van der Waals surface area contributed by atoms with Crippen LogP contribution in [0.3, 0.4) is 0 Å². The Morgan fingerprint density at radius 3 is 2.35 bits per heavy atom. The van der Waals surface area contributed by atoms with Crippen LogP contribution in [0, 0.1) is 0 Å². The molecule has 1 aromatic rings. The number of ketones is 1. The van der Waals surface area contributed by atoms with Gasteiger partial charge in [0.15, 0.2) is 0 Å². The summed E-state index contributed by atoms with van der Waals surface area (Å²) in [4.78, 5) is 92.0. The zero-order valence-corrected chi connectivity index (χ0v) is 35.2. The Morgan fingerprint density at radius 1 is 0.980 bits per heavy atom. The number of Topliss-reactive ketones (excluding diaryl/α,β-unsaturated/α-hetero) is 1. The summed E-state index contributed by atoms with van der Waals surface area (Å²) < 4.78 is 7.26. The van der Waals surface area contributed by atoms with Gasteiger partial charge in [-0.05, 0) is 0 Å². The van der Waals surface area contributed by atoms with Crippen LogP contribution in [0.4, 0.5) is 9.59 Å². The van der Waals surface area contributed by atoms with Gasteiger partial charge in [0, 0.05) is 0 Å². The molecule has 4 fully saturated rings. The van der Waals surface area contributed by atoms with E-state index >= 15 is 0 Å². The molecule has 0 unspecified atom stereocenters. The van der Waals surface area contributed by atoms with Crippen molar-refractivity contribution in [2.75, 3.05) is 8.98 Å². The van der Waals surface area contributed by atoms with E-state index in [1.807, 2.05) is 27.7 Å². The second-order valence-electron chi connectivity index (χ2n) is 13.9. The molecule has 5 amide bonds. The van der Waals surface area contributed by atoms with Crippen molar-refractivity contribution in [2.24, 2.45) is 0 Å². The van der Waals surface area contributed by atoms with Crippen molar-refractivity contribution in [2.45, 2.75) is 128 Å². The van der Waals surface area contributed by atoms with E-state index in [-0.39, 0.29) is 33.3 Å². The number of hydrogen-bond donors (Lipinski definition) is 4. The van der Waals surface area contributed by atoms with Crippen LogP contribution in [0.5, 0.6) is 0 Å². The Balaban J connectivity index is 1.36. The van der Waals surface area contributed by atoms with Gasteiger partial charge < -0.3 is 0 Å². The Bertz CT molecular complexity index is 1400. The number of hydrogen-bond acceptors (Lipinski definition) is 8. The number of fused-ring (bicyclic) bond motifs is 1. The number of aromatic nitrogens is 2. The fraction of sp³-hybridized carbons (Fsp3) is 0.697. The van der Waals surface area contributed by atoms with E-state index in [9.17, 15) is 28.8 Å². The third-order valence-electron chi connectivity index (χ3n) is 8.96. The first-order valence-corrected chi connectivity index (χ1v) is 28.1. The van der Waals surface area contributed by atoms with Crippen molar-refractivity contribution in [3.63, 3.8) is 0 Å². The van der Waals surface area contributed by atoms with Crippen LogP contribution in [0.1, 0.15) is 109 Å². The molecule has 1 radical (unpaired) electrons. The van der Waals surface area contributed by atoms with E-state index in [1.165, 1.54) is 18.6 Å². The summed E-state index contributed by atoms with van der Waals surface area (Å²) in [5, 5.41) is 5.65. The molecule has 2 aliphatic carbocycles. The predicted octanol–water partition coefficient (Wildman–Crippen LogP) is 1.57. The van der Waals surface area contributed by atoms with E-state index in [0.717, 1.165) is 62.2 Å². The average Bonchev–Trinajstić information content (AvgIpc) is 3.65. The van der Waals surface area contributed by atoms with E-state index in [0.29, 0.717) is 17.4 Å². The monoisotopic (exact) mass is 1020 g/mol. The standard InChI is InChI=1S/C33H50I3N7O6/c1-5-10-24(27(44)30(47)39-22-14-15-22)40-29(46)26-23-13-9-16-34(23)20-43(26)32(49)36(33(2,3)4)42-31(48)35(21-11-7-6-8-12-21)41-28(45)25-19-37-17-18-38-25/h17-19,21-24,26H,5-16,20H2,1-4H3,(H,39,47)(H,40,46)(H,41,45)(H,42,48)/q-1/t23-,24+,26-/m0/s1. The van der Waals surface area contributed by atoms with Gasteiger partial charge in [0.1, 0.15) is 0 Å². The summed E-state index contributed by atoms with van der Waals surface area (Å²) in [7, 11) is 0. The van der Waals surface area contributed by atoms with Crippen molar-refractivity contribution in [3.8, 4) is 0 Å². The number of halogens is 3. The maximum atomic E-state index is 14.7. The molecule has 13 nitrogen and oxygen atoms in total. The molecule has 1 aromatic heterocycles. The molecule has 0 spiro atoms. The third kappa shape index (κ3) is 9.79. The Morgan fingerprint density at radius 2 is 1.71 bits per heavy atom. The fourth-order valence-electron chi connectivity index (χ4n) is 6.30. The van der Waals surface area contributed by atoms with Gasteiger partial charge in [-0.3, -0.25) is 0 Å². The Kier molecular flexibility index (Phi) is 13.5. The van der Waals surface area contributed by atoms with Crippen molar-refractivity contribution in [1.29, 1.82) is 0 Å². The zero-order valence-electron chi connectivity index (χ0n) is 28.7. The van der Waals surface area contributed by atoms with Crippen molar-refractivity contribution < 1.29 is 48.6 Å². The summed E-state index contributed by atoms with van der Waals surface area (Å²) in [6.07, 6.45) is 13.7. The second kappa shape index (κ2) is 17.2. The first kappa shape index (κ1) is 38.5. The first-order valence-electron chi connectivity index (χ1n) is 17.2. The van der Waals surface area contributed by atoms with Gasteiger partial charge in [-0.15, -0.1) is 0 Å². The molecule has 4 aliphatic rings. The summed E-state index contributed by atoms with van der Waals surface area (Å²) >= 11 is -7.62. The SMILES string of the molecule is CCC[C@@H](NC(=O)[C@@H]1[C@@H]2CCC[I-]2CN1C(=O)I(NC(=O)I(NC(=O)c1cnccn1)C1CCCCC1)C(C)(C)C)C(=O)C(=O)NC1CC1. The molecular weight excluding hydrogens is 971 g/mol. The minimum absolute atomic E-state index is 0.0278. The van der Waals surface area contributed by atoms with Crippen molar-refractivity contribution in [3.05, 3.63) is 24.3 Å². The van der Waals surface area contributed by atoms with E-state index in [4.69, 9.17) is 0 Å². The van der Waals surface area contributed by atoms with Gasteiger partial charge in [0.2, 0.25) is 0 Å². The number of nitrogens with one attached hydrogen (secondary N) is 4. The molecule has 0 aromatic carbocycles. The molecule has 0 bridgehead atoms. The molecular formula is C33H50I3N7O6-. The quantitative estimate of drug-likeness (QED) is 0.0575. The number of amides is 5. The number of alkyl halides is 5. The van der Waals surface area contributed by atoms with Crippen molar-refractivity contribution >= 4 is 71.5 Å². The zero-order chi connectivity index (χ0) is 35.3. The Hall–Kier alpha value is -1.71. The minimum atomic E-state index is -3.05. The van der Waals surface area contributed by atoms with Crippen LogP contribution < -0.4 is 37.5 Å². The molecule has 3 atom stereocenters. The van der Waals surface area contributed by atoms with Gasteiger partial charge in [0.25, 0.3) is 0 Å². The molecule has 2 aliphatic heterocycles. The van der Waals surface area contributed by atoms with Crippen LogP contribution in [-0.4, -0.2) is 84.6 Å². The second-order valence-corrected chi connectivity index (χ2v) is 31.5. The third-order valence-corrected chi connectivity index (χ3v) is 28.5. The van der Waals surface area contributed by atoms with Crippen molar-refractivity contribution in [1.82, 2.24) is 32.6 Å². The van der Waals surface area contributed by atoms with Crippen LogP contribution in [0.15, 0.2) is 18.6 Å². The predicted molar refractivity (Wildman–Crippen MR) is 199 cm³/mol. The summed E-state index contributed by atoms with van der Waals surface area (Å²) in [6.45, 7) is 7.80. The maximum absolute atomic E-state index is 14.7. The van der Waals surface area contributed by atoms with Gasteiger partial charge in [-0.25, -0.2) is 0 Å². The number of carbonyl (C=O) groups excluding carboxylic acids is 6. The average molecular weight is 1020 g/mol. The first-order chi connectivity index (χ1) is 23.4. The molecule has 2 saturated heterocycles. The summed E-state index contributed by atoms with van der Waals surface area (Å²) in [5.41, 5.74) is 0.156. The fourth-order valence-corrected chi connectivity index (χ4v) is 26.1. The van der Waals surface area contributed by atoms with Crippen LogP contribution in [0.2, 0.25) is 0 Å². The van der Waals surface area contributed by atoms with E-state index in [2.05, 4.69) is 27.7 Å². The van der Waals surface area contributed by atoms with E-state index in [1.54, 1.807) is 4.90 Å². The molecule has 4 N–H and O–H groups in total. The van der Waals surface area contributed by atoms with Gasteiger partial charge in [-0.1, -0.05) is 0 Å². The van der Waals surface area contributed by atoms with Gasteiger partial charge in [0.05, 0.1) is 0 Å². The number of nitrogens with zero attached hydrogens (tertiary/aromatic N) is 3. The van der Waals surface area contributed by atoms with Gasteiger partial charge in [-0.2, -0.15) is 0 Å². The summed E-state index contributed by atoms with van der Waals surface area (Å²) in [5.74, 6) is -2.09. The van der Waals surface area contributed by atoms with Crippen LogP contribution in [0.25, 0.3) is 0 Å². The van der Waals surface area contributed by atoms with E-state index < -0.39 is 93.1 Å². The van der Waals surface area contributed by atoms with Gasteiger partial charge >= 0.3 is 314 Å². The summed E-state index contributed by atoms with van der Waals surface area (Å²) in [6, 6.07) is -1.63. The normalized spacial score (nSPS) is 22.8. The molecule has 2 saturated carbocycles. The number of carbonyl (C=O) groups is 6. The Labute approximate surface area is 311 Å². The molecule has 3 heterocycles. The van der Waals surface area contributed by atoms with Crippen LogP contribution >= 0.6 is 40.2 Å². The topological polar surface area (TPSA) is 180 Å². The molecule has 275 valence electrons. The van der Waals surface area contributed by atoms with Crippen LogP contribution in [-0.2, 0) is 14.4 Å². The molecule has 49 heavy (non-hydrogen) atoms.